The Hall–Kier alpha value is -1.99. The summed E-state index contributed by atoms with van der Waals surface area (Å²) >= 11 is 0. The van der Waals surface area contributed by atoms with E-state index in [0.29, 0.717) is 24.8 Å². The Bertz CT molecular complexity index is 486. The topological polar surface area (TPSA) is 122 Å². The van der Waals surface area contributed by atoms with Crippen LogP contribution in [0, 0.1) is 0 Å². The maximum atomic E-state index is 12.1. The van der Waals surface area contributed by atoms with Crippen LogP contribution in [-0.2, 0) is 0 Å². The van der Waals surface area contributed by atoms with Gasteiger partial charge in [0.05, 0.1) is 0 Å². The zero-order chi connectivity index (χ0) is 17.1. The lowest BCUT2D eigenvalue weighted by atomic mass is 9.95. The van der Waals surface area contributed by atoms with Crippen molar-refractivity contribution in [2.45, 2.75) is 38.1 Å². The van der Waals surface area contributed by atoms with Gasteiger partial charge in [-0.15, -0.1) is 12.4 Å². The summed E-state index contributed by atoms with van der Waals surface area (Å²) < 4.78 is 5.38. The number of carbonyl (C=O) groups excluding carboxylic acids is 1. The number of nitrogens with one attached hydrogen (secondary N) is 1. The van der Waals surface area contributed by atoms with Gasteiger partial charge in [-0.2, -0.15) is 0 Å². The first-order chi connectivity index (χ1) is 11.0. The van der Waals surface area contributed by atoms with Gasteiger partial charge in [-0.3, -0.25) is 4.79 Å². The van der Waals surface area contributed by atoms with Gasteiger partial charge in [-0.25, -0.2) is 4.79 Å². The lowest BCUT2D eigenvalue weighted by Gasteiger charge is -2.22. The van der Waals surface area contributed by atoms with Crippen molar-refractivity contribution in [1.29, 1.82) is 0 Å². The van der Waals surface area contributed by atoms with Crippen LogP contribution < -0.4 is 15.8 Å². The molecule has 136 valence electrons. The molecule has 0 spiro atoms. The average Bonchev–Trinajstić information content (AvgIpc) is 2.54. The van der Waals surface area contributed by atoms with Crippen molar-refractivity contribution in [2.75, 3.05) is 13.2 Å². The number of benzene rings is 1. The van der Waals surface area contributed by atoms with Gasteiger partial charge in [0.2, 0.25) is 0 Å². The van der Waals surface area contributed by atoms with E-state index in [2.05, 4.69) is 5.32 Å². The van der Waals surface area contributed by atoms with E-state index in [4.69, 9.17) is 25.5 Å². The third kappa shape index (κ3) is 9.22. The molecular formula is C16H25ClN2O5. The zero-order valence-electron chi connectivity index (χ0n) is 13.4. The molecule has 1 fully saturated rings. The molecule has 1 aliphatic rings. The first kappa shape index (κ1) is 22.0. The molecule has 0 unspecified atom stereocenters. The first-order valence-corrected chi connectivity index (χ1v) is 7.68. The molecule has 1 aromatic carbocycles. The van der Waals surface area contributed by atoms with Gasteiger partial charge in [0, 0.05) is 18.2 Å². The van der Waals surface area contributed by atoms with Crippen molar-refractivity contribution in [3.8, 4) is 5.75 Å². The van der Waals surface area contributed by atoms with Crippen LogP contribution in [0.2, 0.25) is 0 Å². The summed E-state index contributed by atoms with van der Waals surface area (Å²) in [5.74, 6) is 0.761. The van der Waals surface area contributed by atoms with Crippen molar-refractivity contribution >= 4 is 24.5 Å². The largest absolute Gasteiger partial charge is 0.503 e. The monoisotopic (exact) mass is 360 g/mol. The fourth-order valence-corrected chi connectivity index (χ4v) is 2.39. The summed E-state index contributed by atoms with van der Waals surface area (Å²) in [5, 5.41) is 17.0. The van der Waals surface area contributed by atoms with Gasteiger partial charge in [0.1, 0.15) is 12.4 Å². The predicted octanol–water partition coefficient (Wildman–Crippen LogP) is 2.73. The summed E-state index contributed by atoms with van der Waals surface area (Å²) in [6.07, 6.45) is 4.10. The minimum atomic E-state index is -1.83. The molecule has 8 heteroatoms. The first-order valence-electron chi connectivity index (χ1n) is 7.68. The normalized spacial score (nSPS) is 13.7. The van der Waals surface area contributed by atoms with Crippen molar-refractivity contribution in [2.24, 2.45) is 5.73 Å². The lowest BCUT2D eigenvalue weighted by Crippen LogP contribution is -2.36. The Kier molecular flexibility index (Phi) is 11.4. The van der Waals surface area contributed by atoms with Gasteiger partial charge in [-0.1, -0.05) is 19.3 Å². The van der Waals surface area contributed by atoms with E-state index >= 15 is 0 Å². The van der Waals surface area contributed by atoms with Crippen LogP contribution in [-0.4, -0.2) is 41.5 Å². The fourth-order valence-electron chi connectivity index (χ4n) is 2.39. The highest BCUT2D eigenvalue weighted by molar-refractivity contribution is 5.94. The molecule has 1 aliphatic carbocycles. The number of carboxylic acid groups (broad SMARTS) is 2. The number of halogens is 1. The highest BCUT2D eigenvalue weighted by Gasteiger charge is 2.16. The number of hydrogen-bond acceptors (Lipinski definition) is 4. The lowest BCUT2D eigenvalue weighted by molar-refractivity contribution is 0.0927. The van der Waals surface area contributed by atoms with E-state index in [9.17, 15) is 4.79 Å². The second-order valence-corrected chi connectivity index (χ2v) is 5.25. The molecule has 0 bridgehead atoms. The average molecular weight is 361 g/mol. The highest BCUT2D eigenvalue weighted by Crippen LogP contribution is 2.18. The maximum absolute atomic E-state index is 12.1. The molecule has 1 aromatic rings. The Morgan fingerprint density at radius 2 is 1.67 bits per heavy atom. The van der Waals surface area contributed by atoms with Gasteiger partial charge < -0.3 is 26.0 Å². The quantitative estimate of drug-likeness (QED) is 0.640. The van der Waals surface area contributed by atoms with Crippen molar-refractivity contribution in [3.63, 3.8) is 0 Å². The minimum absolute atomic E-state index is 0. The molecule has 0 aromatic heterocycles. The van der Waals surface area contributed by atoms with E-state index in [-0.39, 0.29) is 18.3 Å². The number of ether oxygens (including phenoxy) is 1. The SMILES string of the molecule is Cl.NCCOc1ccc(C(=O)NC2CCCCC2)cc1.O=C(O)O. The van der Waals surface area contributed by atoms with E-state index < -0.39 is 6.16 Å². The van der Waals surface area contributed by atoms with E-state index in [1.807, 2.05) is 12.1 Å². The zero-order valence-corrected chi connectivity index (χ0v) is 14.3. The Labute approximate surface area is 147 Å². The van der Waals surface area contributed by atoms with Crippen LogP contribution in [0.3, 0.4) is 0 Å². The number of rotatable bonds is 5. The number of hydrogen-bond donors (Lipinski definition) is 4. The third-order valence-electron chi connectivity index (χ3n) is 3.44. The minimum Gasteiger partial charge on any atom is -0.492 e. The summed E-state index contributed by atoms with van der Waals surface area (Å²) in [6.45, 7) is 0.984. The van der Waals surface area contributed by atoms with Gasteiger partial charge in [-0.05, 0) is 37.1 Å². The standard InChI is InChI=1S/C15H22N2O2.CH2O3.ClH/c16-10-11-19-14-8-6-12(7-9-14)15(18)17-13-4-2-1-3-5-13;2-1(3)4;/h6-9,13H,1-5,10-11,16H2,(H,17,18);(H2,2,3,4);1H. The second kappa shape index (κ2) is 12.4. The second-order valence-electron chi connectivity index (χ2n) is 5.25. The van der Waals surface area contributed by atoms with Gasteiger partial charge in [0.15, 0.2) is 0 Å². The van der Waals surface area contributed by atoms with Crippen LogP contribution in [0.1, 0.15) is 42.5 Å². The van der Waals surface area contributed by atoms with Gasteiger partial charge in [0.25, 0.3) is 5.91 Å². The smallest absolute Gasteiger partial charge is 0.492 e. The summed E-state index contributed by atoms with van der Waals surface area (Å²) in [5.41, 5.74) is 6.06. The fraction of sp³-hybridized carbons (Fsp3) is 0.500. The van der Waals surface area contributed by atoms with Crippen molar-refractivity contribution < 1.29 is 24.5 Å². The molecule has 0 radical (unpaired) electrons. The predicted molar refractivity (Wildman–Crippen MR) is 93.2 cm³/mol. The summed E-state index contributed by atoms with van der Waals surface area (Å²) in [6, 6.07) is 7.56. The van der Waals surface area contributed by atoms with Crippen molar-refractivity contribution in [1.82, 2.24) is 5.32 Å². The third-order valence-corrected chi connectivity index (χ3v) is 3.44. The molecule has 1 amide bonds. The Morgan fingerprint density at radius 1 is 1.12 bits per heavy atom. The van der Waals surface area contributed by atoms with Crippen LogP contribution in [0.15, 0.2) is 24.3 Å². The molecule has 0 saturated heterocycles. The van der Waals surface area contributed by atoms with E-state index in [1.165, 1.54) is 19.3 Å². The van der Waals surface area contributed by atoms with Crippen LogP contribution in [0.5, 0.6) is 5.75 Å². The molecule has 0 atom stereocenters. The molecule has 2 rings (SSSR count). The number of nitrogens with two attached hydrogens (primary N) is 1. The van der Waals surface area contributed by atoms with E-state index in [0.717, 1.165) is 18.6 Å². The van der Waals surface area contributed by atoms with Crippen LogP contribution in [0.25, 0.3) is 0 Å². The maximum Gasteiger partial charge on any atom is 0.503 e. The van der Waals surface area contributed by atoms with Crippen LogP contribution in [0.4, 0.5) is 4.79 Å². The molecule has 5 N–H and O–H groups in total. The summed E-state index contributed by atoms with van der Waals surface area (Å²) in [7, 11) is 0. The molecule has 0 aliphatic heterocycles. The summed E-state index contributed by atoms with van der Waals surface area (Å²) in [4.78, 5) is 20.6. The number of amides is 1. The molecule has 7 nitrogen and oxygen atoms in total. The molecular weight excluding hydrogens is 336 g/mol. The molecule has 1 saturated carbocycles. The Balaban J connectivity index is 0.000000954. The van der Waals surface area contributed by atoms with Gasteiger partial charge >= 0.3 is 6.16 Å². The van der Waals surface area contributed by atoms with E-state index in [1.54, 1.807) is 12.1 Å². The highest BCUT2D eigenvalue weighted by atomic mass is 35.5. The molecule has 24 heavy (non-hydrogen) atoms. The van der Waals surface area contributed by atoms with Crippen molar-refractivity contribution in [3.05, 3.63) is 29.8 Å². The van der Waals surface area contributed by atoms with Crippen LogP contribution >= 0.6 is 12.4 Å². The Morgan fingerprint density at radius 3 is 2.17 bits per heavy atom. The molecule has 0 heterocycles. The number of carbonyl (C=O) groups is 2.